The molecular weight excluding hydrogens is 376 g/mol. The number of hydrogen-bond donors (Lipinski definition) is 1. The van der Waals surface area contributed by atoms with Gasteiger partial charge in [0.2, 0.25) is 0 Å². The van der Waals surface area contributed by atoms with Gasteiger partial charge in [0.25, 0.3) is 0 Å². The minimum absolute atomic E-state index is 0.566. The highest BCUT2D eigenvalue weighted by atomic mass is 35.5. The van der Waals surface area contributed by atoms with E-state index in [1.165, 1.54) is 11.3 Å². The van der Waals surface area contributed by atoms with Crippen LogP contribution in [0.25, 0.3) is 21.8 Å². The molecule has 0 unspecified atom stereocenters. The Hall–Kier alpha value is -2.60. The van der Waals surface area contributed by atoms with E-state index in [0.717, 1.165) is 27.4 Å². The summed E-state index contributed by atoms with van der Waals surface area (Å²) in [5, 5.41) is 0.674. The van der Waals surface area contributed by atoms with Crippen LogP contribution in [-0.2, 0) is 5.54 Å². The second-order valence-corrected chi connectivity index (χ2v) is 7.67. The Kier molecular flexibility index (Phi) is 4.74. The van der Waals surface area contributed by atoms with Gasteiger partial charge in [-0.3, -0.25) is 0 Å². The number of halogens is 1. The minimum atomic E-state index is -0.793. The molecule has 1 atom stereocenters. The molecule has 2 N–H and O–H groups in total. The van der Waals surface area contributed by atoms with Crippen LogP contribution >= 0.6 is 22.9 Å². The third kappa shape index (κ3) is 3.49. The lowest BCUT2D eigenvalue weighted by Gasteiger charge is -2.23. The highest BCUT2D eigenvalue weighted by Gasteiger charge is 2.27. The van der Waals surface area contributed by atoms with Crippen LogP contribution in [0.5, 0.6) is 0 Å². The fourth-order valence-corrected chi connectivity index (χ4v) is 3.89. The van der Waals surface area contributed by atoms with Crippen LogP contribution in [-0.4, -0.2) is 15.0 Å². The average Bonchev–Trinajstić information content (AvgIpc) is 3.19. The van der Waals surface area contributed by atoms with E-state index in [2.05, 4.69) is 9.97 Å². The number of thiazole rings is 1. The lowest BCUT2D eigenvalue weighted by molar-refractivity contribution is 0.558. The third-order valence-electron chi connectivity index (χ3n) is 4.39. The molecule has 2 aromatic carbocycles. The molecule has 2 aromatic heterocycles. The molecular formula is C21H17ClN4S. The molecule has 0 fully saturated rings. The van der Waals surface area contributed by atoms with Crippen LogP contribution < -0.4 is 5.73 Å². The smallest absolute Gasteiger partial charge is 0.153 e. The van der Waals surface area contributed by atoms with E-state index < -0.39 is 5.54 Å². The van der Waals surface area contributed by atoms with Crippen LogP contribution in [0.15, 0.2) is 72.4 Å². The van der Waals surface area contributed by atoms with Crippen LogP contribution in [0, 0.1) is 0 Å². The first-order chi connectivity index (χ1) is 13.1. The van der Waals surface area contributed by atoms with Gasteiger partial charge < -0.3 is 5.73 Å². The predicted molar refractivity (Wildman–Crippen MR) is 111 cm³/mol. The molecule has 2 heterocycles. The zero-order valence-electron chi connectivity index (χ0n) is 14.6. The summed E-state index contributed by atoms with van der Waals surface area (Å²) >= 11 is 7.68. The first-order valence-electron chi connectivity index (χ1n) is 8.43. The molecule has 0 saturated heterocycles. The Balaban J connectivity index is 1.78. The van der Waals surface area contributed by atoms with Crippen LogP contribution in [0.4, 0.5) is 0 Å². The summed E-state index contributed by atoms with van der Waals surface area (Å²) in [5.41, 5.74) is 11.2. The second kappa shape index (κ2) is 7.19. The van der Waals surface area contributed by atoms with Gasteiger partial charge in [-0.05, 0) is 30.7 Å². The van der Waals surface area contributed by atoms with Crippen LogP contribution in [0.3, 0.4) is 0 Å². The molecule has 6 heteroatoms. The monoisotopic (exact) mass is 392 g/mol. The maximum absolute atomic E-state index is 6.60. The van der Waals surface area contributed by atoms with Crippen molar-refractivity contribution >= 4 is 22.9 Å². The van der Waals surface area contributed by atoms with Gasteiger partial charge in [-0.25, -0.2) is 15.0 Å². The summed E-state index contributed by atoms with van der Waals surface area (Å²) in [4.78, 5) is 14.7. The van der Waals surface area contributed by atoms with Crippen LogP contribution in [0.1, 0.15) is 18.3 Å². The maximum Gasteiger partial charge on any atom is 0.153 e. The quantitative estimate of drug-likeness (QED) is 0.522. The molecule has 134 valence electrons. The van der Waals surface area contributed by atoms with Gasteiger partial charge in [-0.15, -0.1) is 11.3 Å². The van der Waals surface area contributed by atoms with Gasteiger partial charge in [0.15, 0.2) is 5.82 Å². The Morgan fingerprint density at radius 1 is 1.00 bits per heavy atom. The molecule has 0 amide bonds. The topological polar surface area (TPSA) is 64.7 Å². The number of benzene rings is 2. The summed E-state index contributed by atoms with van der Waals surface area (Å²) in [5.74, 6) is 0.566. The van der Waals surface area contributed by atoms with Crippen LogP contribution in [0.2, 0.25) is 5.02 Å². The van der Waals surface area contributed by atoms with E-state index in [4.69, 9.17) is 22.3 Å². The fraction of sp³-hybridized carbons (Fsp3) is 0.0952. The van der Waals surface area contributed by atoms with E-state index >= 15 is 0 Å². The lowest BCUT2D eigenvalue weighted by atomic mass is 9.92. The molecule has 0 bridgehead atoms. The van der Waals surface area contributed by atoms with E-state index in [-0.39, 0.29) is 0 Å². The summed E-state index contributed by atoms with van der Waals surface area (Å²) in [6, 6.07) is 19.4. The fourth-order valence-electron chi connectivity index (χ4n) is 2.92. The van der Waals surface area contributed by atoms with Crippen molar-refractivity contribution < 1.29 is 0 Å². The normalized spacial score (nSPS) is 13.3. The summed E-state index contributed by atoms with van der Waals surface area (Å²) in [6.45, 7) is 1.92. The predicted octanol–water partition coefficient (Wildman–Crippen LogP) is 5.14. The molecule has 27 heavy (non-hydrogen) atoms. The van der Waals surface area contributed by atoms with Crippen molar-refractivity contribution in [1.82, 2.24) is 15.0 Å². The van der Waals surface area contributed by atoms with Crippen molar-refractivity contribution in [3.05, 3.63) is 88.8 Å². The van der Waals surface area contributed by atoms with Crippen molar-refractivity contribution in [3.63, 3.8) is 0 Å². The number of rotatable bonds is 4. The molecule has 0 aliphatic heterocycles. The van der Waals surface area contributed by atoms with Gasteiger partial charge in [0.05, 0.1) is 27.3 Å². The highest BCUT2D eigenvalue weighted by Crippen LogP contribution is 2.35. The van der Waals surface area contributed by atoms with E-state index in [1.807, 2.05) is 73.1 Å². The first kappa shape index (κ1) is 17.8. The largest absolute Gasteiger partial charge is 0.315 e. The Bertz CT molecular complexity index is 1080. The SMILES string of the molecule is C[C@](N)(c1ccccc1)c1nccc(-c2scnc2-c2cccc(Cl)c2)n1. The van der Waals surface area contributed by atoms with Gasteiger partial charge in [0, 0.05) is 16.8 Å². The first-order valence-corrected chi connectivity index (χ1v) is 9.69. The summed E-state index contributed by atoms with van der Waals surface area (Å²) in [6.07, 6.45) is 1.74. The zero-order valence-corrected chi connectivity index (χ0v) is 16.2. The lowest BCUT2D eigenvalue weighted by Crippen LogP contribution is -2.36. The Labute approximate surface area is 166 Å². The molecule has 0 aliphatic rings. The minimum Gasteiger partial charge on any atom is -0.315 e. The zero-order chi connectivity index (χ0) is 18.9. The van der Waals surface area contributed by atoms with Gasteiger partial charge in [0.1, 0.15) is 0 Å². The molecule has 4 nitrogen and oxygen atoms in total. The van der Waals surface area contributed by atoms with Crippen molar-refractivity contribution in [2.75, 3.05) is 0 Å². The van der Waals surface area contributed by atoms with Gasteiger partial charge in [-0.1, -0.05) is 54.1 Å². The van der Waals surface area contributed by atoms with Crippen molar-refractivity contribution in [2.24, 2.45) is 5.73 Å². The van der Waals surface area contributed by atoms with E-state index in [1.54, 1.807) is 6.20 Å². The standard InChI is InChI=1S/C21H17ClN4S/c1-21(23,15-7-3-2-4-8-15)20-24-11-10-17(26-20)19-18(25-13-27-19)14-6-5-9-16(22)12-14/h2-13H,23H2,1H3/t21-/m0/s1. The molecule has 0 radical (unpaired) electrons. The average molecular weight is 393 g/mol. The number of aromatic nitrogens is 3. The van der Waals surface area contributed by atoms with Crippen molar-refractivity contribution in [2.45, 2.75) is 12.5 Å². The number of hydrogen-bond acceptors (Lipinski definition) is 5. The maximum atomic E-state index is 6.60. The van der Waals surface area contributed by atoms with Gasteiger partial charge >= 0.3 is 0 Å². The molecule has 0 saturated carbocycles. The molecule has 4 rings (SSSR count). The van der Waals surface area contributed by atoms with Gasteiger partial charge in [-0.2, -0.15) is 0 Å². The molecule has 0 aliphatic carbocycles. The van der Waals surface area contributed by atoms with E-state index in [9.17, 15) is 0 Å². The van der Waals surface area contributed by atoms with Crippen molar-refractivity contribution in [1.29, 1.82) is 0 Å². The molecule has 0 spiro atoms. The number of nitrogens with two attached hydrogens (primary N) is 1. The summed E-state index contributed by atoms with van der Waals surface area (Å²) < 4.78 is 0. The van der Waals surface area contributed by atoms with E-state index in [0.29, 0.717) is 10.8 Å². The second-order valence-electron chi connectivity index (χ2n) is 6.37. The Morgan fingerprint density at radius 2 is 1.81 bits per heavy atom. The summed E-state index contributed by atoms with van der Waals surface area (Å²) in [7, 11) is 0. The third-order valence-corrected chi connectivity index (χ3v) is 5.48. The number of nitrogens with zero attached hydrogens (tertiary/aromatic N) is 3. The van der Waals surface area contributed by atoms with Crippen molar-refractivity contribution in [3.8, 4) is 21.8 Å². The molecule has 4 aromatic rings. The Morgan fingerprint density at radius 3 is 2.59 bits per heavy atom. The highest BCUT2D eigenvalue weighted by molar-refractivity contribution is 7.13.